The number of amides is 1. The SMILES string of the molecule is COc1ncccc1C(=O)Nc1cccc2ccccc12. The van der Waals surface area contributed by atoms with E-state index in [-0.39, 0.29) is 5.91 Å². The van der Waals surface area contributed by atoms with Crippen molar-refractivity contribution in [2.75, 3.05) is 12.4 Å². The molecule has 4 heteroatoms. The lowest BCUT2D eigenvalue weighted by atomic mass is 10.1. The molecule has 0 aliphatic heterocycles. The van der Waals surface area contributed by atoms with E-state index in [4.69, 9.17) is 4.74 Å². The van der Waals surface area contributed by atoms with Crippen molar-refractivity contribution in [2.45, 2.75) is 0 Å². The maximum absolute atomic E-state index is 12.4. The summed E-state index contributed by atoms with van der Waals surface area (Å²) in [6.07, 6.45) is 1.59. The number of nitrogens with zero attached hydrogens (tertiary/aromatic N) is 1. The molecule has 104 valence electrons. The van der Waals surface area contributed by atoms with Gasteiger partial charge < -0.3 is 10.1 Å². The van der Waals surface area contributed by atoms with Crippen molar-refractivity contribution in [1.82, 2.24) is 4.98 Å². The summed E-state index contributed by atoms with van der Waals surface area (Å²) < 4.78 is 5.12. The highest BCUT2D eigenvalue weighted by molar-refractivity contribution is 6.10. The number of fused-ring (bicyclic) bond motifs is 1. The Bertz CT molecular complexity index is 794. The van der Waals surface area contributed by atoms with E-state index in [0.29, 0.717) is 11.4 Å². The first-order valence-electron chi connectivity index (χ1n) is 6.58. The molecule has 3 aromatic rings. The number of anilines is 1. The van der Waals surface area contributed by atoms with Gasteiger partial charge in [0.2, 0.25) is 5.88 Å². The third kappa shape index (κ3) is 2.56. The van der Waals surface area contributed by atoms with Crippen molar-refractivity contribution in [1.29, 1.82) is 0 Å². The zero-order chi connectivity index (χ0) is 14.7. The van der Waals surface area contributed by atoms with Gasteiger partial charge in [-0.3, -0.25) is 4.79 Å². The maximum atomic E-state index is 12.4. The Balaban J connectivity index is 1.97. The summed E-state index contributed by atoms with van der Waals surface area (Å²) >= 11 is 0. The van der Waals surface area contributed by atoms with Gasteiger partial charge in [0.1, 0.15) is 5.56 Å². The number of hydrogen-bond acceptors (Lipinski definition) is 3. The summed E-state index contributed by atoms with van der Waals surface area (Å²) in [5.41, 5.74) is 1.18. The summed E-state index contributed by atoms with van der Waals surface area (Å²) in [6, 6.07) is 17.1. The molecule has 0 atom stereocenters. The Morgan fingerprint density at radius 1 is 1.05 bits per heavy atom. The van der Waals surface area contributed by atoms with E-state index in [0.717, 1.165) is 16.5 Å². The molecule has 4 nitrogen and oxygen atoms in total. The highest BCUT2D eigenvalue weighted by atomic mass is 16.5. The minimum absolute atomic E-state index is 0.240. The van der Waals surface area contributed by atoms with Crippen LogP contribution in [0.25, 0.3) is 10.8 Å². The van der Waals surface area contributed by atoms with Crippen molar-refractivity contribution >= 4 is 22.4 Å². The summed E-state index contributed by atoms with van der Waals surface area (Å²) in [6.45, 7) is 0. The smallest absolute Gasteiger partial charge is 0.261 e. The number of hydrogen-bond donors (Lipinski definition) is 1. The number of rotatable bonds is 3. The fraction of sp³-hybridized carbons (Fsp3) is 0.0588. The number of methoxy groups -OCH3 is 1. The summed E-state index contributed by atoms with van der Waals surface area (Å²) in [5.74, 6) is 0.0755. The molecule has 0 aliphatic carbocycles. The number of carbonyl (C=O) groups is 1. The van der Waals surface area contributed by atoms with Gasteiger partial charge in [0.25, 0.3) is 5.91 Å². The third-order valence-electron chi connectivity index (χ3n) is 3.25. The standard InChI is InChI=1S/C17H14N2O2/c1-21-17-14(9-5-11-18-17)16(20)19-15-10-4-7-12-6-2-3-8-13(12)15/h2-11H,1H3,(H,19,20). The van der Waals surface area contributed by atoms with Crippen LogP contribution in [0.5, 0.6) is 5.88 Å². The predicted octanol–water partition coefficient (Wildman–Crippen LogP) is 3.50. The van der Waals surface area contributed by atoms with Crippen molar-refractivity contribution in [3.63, 3.8) is 0 Å². The molecular formula is C17H14N2O2. The number of aromatic nitrogens is 1. The first kappa shape index (κ1) is 13.1. The second-order valence-corrected chi connectivity index (χ2v) is 4.54. The van der Waals surface area contributed by atoms with Gasteiger partial charge in [0.05, 0.1) is 7.11 Å². The van der Waals surface area contributed by atoms with Crippen LogP contribution in [0.2, 0.25) is 0 Å². The van der Waals surface area contributed by atoms with Crippen LogP contribution in [-0.4, -0.2) is 18.0 Å². The maximum Gasteiger partial charge on any atom is 0.261 e. The molecule has 3 rings (SSSR count). The molecule has 21 heavy (non-hydrogen) atoms. The Labute approximate surface area is 122 Å². The fourth-order valence-electron chi connectivity index (χ4n) is 2.25. The van der Waals surface area contributed by atoms with Crippen molar-refractivity contribution in [3.8, 4) is 5.88 Å². The Kier molecular flexibility index (Phi) is 3.51. The van der Waals surface area contributed by atoms with Gasteiger partial charge in [0.15, 0.2) is 0 Å². The minimum atomic E-state index is -0.240. The van der Waals surface area contributed by atoms with Gasteiger partial charge in [-0.25, -0.2) is 4.98 Å². The molecule has 0 saturated carbocycles. The molecule has 1 heterocycles. The van der Waals surface area contributed by atoms with Crippen LogP contribution in [0, 0.1) is 0 Å². The van der Waals surface area contributed by atoms with Crippen LogP contribution >= 0.6 is 0 Å². The molecule has 0 fully saturated rings. The lowest BCUT2D eigenvalue weighted by Crippen LogP contribution is -2.14. The molecule has 0 spiro atoms. The normalized spacial score (nSPS) is 10.3. The number of benzene rings is 2. The topological polar surface area (TPSA) is 51.2 Å². The highest BCUT2D eigenvalue weighted by Gasteiger charge is 2.13. The van der Waals surface area contributed by atoms with E-state index >= 15 is 0 Å². The largest absolute Gasteiger partial charge is 0.480 e. The lowest BCUT2D eigenvalue weighted by Gasteiger charge is -2.10. The van der Waals surface area contributed by atoms with E-state index in [1.165, 1.54) is 7.11 Å². The Hall–Kier alpha value is -2.88. The van der Waals surface area contributed by atoms with Gasteiger partial charge in [-0.1, -0.05) is 36.4 Å². The highest BCUT2D eigenvalue weighted by Crippen LogP contribution is 2.24. The molecule has 1 amide bonds. The van der Waals surface area contributed by atoms with Gasteiger partial charge >= 0.3 is 0 Å². The monoisotopic (exact) mass is 278 g/mol. The molecule has 0 saturated heterocycles. The quantitative estimate of drug-likeness (QED) is 0.797. The summed E-state index contributed by atoms with van der Waals surface area (Å²) in [7, 11) is 1.50. The number of pyridine rings is 1. The average Bonchev–Trinajstić information content (AvgIpc) is 2.55. The first-order chi connectivity index (χ1) is 10.3. The van der Waals surface area contributed by atoms with Gasteiger partial charge in [-0.05, 0) is 23.6 Å². The van der Waals surface area contributed by atoms with Gasteiger partial charge in [0, 0.05) is 17.3 Å². The van der Waals surface area contributed by atoms with Crippen LogP contribution in [0.15, 0.2) is 60.8 Å². The second kappa shape index (κ2) is 5.63. The van der Waals surface area contributed by atoms with Crippen LogP contribution in [0.1, 0.15) is 10.4 Å². The summed E-state index contributed by atoms with van der Waals surface area (Å²) in [5, 5.41) is 4.99. The number of ether oxygens (including phenoxy) is 1. The van der Waals surface area contributed by atoms with E-state index in [2.05, 4.69) is 10.3 Å². The number of carbonyl (C=O) groups excluding carboxylic acids is 1. The second-order valence-electron chi connectivity index (χ2n) is 4.54. The molecular weight excluding hydrogens is 264 g/mol. The van der Waals surface area contributed by atoms with Crippen molar-refractivity contribution in [3.05, 3.63) is 66.4 Å². The first-order valence-corrected chi connectivity index (χ1v) is 6.58. The molecule has 1 N–H and O–H groups in total. The fourth-order valence-corrected chi connectivity index (χ4v) is 2.25. The minimum Gasteiger partial charge on any atom is -0.480 e. The zero-order valence-corrected chi connectivity index (χ0v) is 11.5. The molecule has 1 aromatic heterocycles. The van der Waals surface area contributed by atoms with Crippen LogP contribution in [0.4, 0.5) is 5.69 Å². The summed E-state index contributed by atoms with van der Waals surface area (Å²) in [4.78, 5) is 16.4. The van der Waals surface area contributed by atoms with Crippen LogP contribution in [0.3, 0.4) is 0 Å². The molecule has 0 bridgehead atoms. The third-order valence-corrected chi connectivity index (χ3v) is 3.25. The average molecular weight is 278 g/mol. The van der Waals surface area contributed by atoms with E-state index < -0.39 is 0 Å². The number of nitrogens with one attached hydrogen (secondary N) is 1. The van der Waals surface area contributed by atoms with E-state index in [9.17, 15) is 4.79 Å². The Morgan fingerprint density at radius 3 is 2.71 bits per heavy atom. The molecule has 2 aromatic carbocycles. The molecule has 0 unspecified atom stereocenters. The zero-order valence-electron chi connectivity index (χ0n) is 11.5. The molecule has 0 radical (unpaired) electrons. The lowest BCUT2D eigenvalue weighted by molar-refractivity contribution is 0.102. The van der Waals surface area contributed by atoms with Crippen molar-refractivity contribution in [2.24, 2.45) is 0 Å². The Morgan fingerprint density at radius 2 is 1.86 bits per heavy atom. The van der Waals surface area contributed by atoms with E-state index in [1.807, 2.05) is 42.5 Å². The predicted molar refractivity (Wildman–Crippen MR) is 82.7 cm³/mol. The van der Waals surface area contributed by atoms with Crippen molar-refractivity contribution < 1.29 is 9.53 Å². The molecule has 0 aliphatic rings. The van der Waals surface area contributed by atoms with Crippen LogP contribution < -0.4 is 10.1 Å². The van der Waals surface area contributed by atoms with E-state index in [1.54, 1.807) is 18.3 Å². The van der Waals surface area contributed by atoms with Gasteiger partial charge in [-0.15, -0.1) is 0 Å². The van der Waals surface area contributed by atoms with Crippen LogP contribution in [-0.2, 0) is 0 Å². The van der Waals surface area contributed by atoms with Gasteiger partial charge in [-0.2, -0.15) is 0 Å².